The first-order valence-electron chi connectivity index (χ1n) is 5.50. The first kappa shape index (κ1) is 12.2. The van der Waals surface area contributed by atoms with Gasteiger partial charge in [0.25, 0.3) is 4.96 Å². The molecule has 2 heterocycles. The van der Waals surface area contributed by atoms with Gasteiger partial charge in [-0.1, -0.05) is 41.3 Å². The Kier molecular flexibility index (Phi) is 3.00. The summed E-state index contributed by atoms with van der Waals surface area (Å²) in [6.07, 6.45) is 1.67. The largest absolute Gasteiger partial charge is 0.363 e. The van der Waals surface area contributed by atoms with Gasteiger partial charge in [0.15, 0.2) is 0 Å². The van der Waals surface area contributed by atoms with Crippen molar-refractivity contribution in [2.75, 3.05) is 0 Å². The fourth-order valence-electron chi connectivity index (χ4n) is 1.76. The molecule has 7 heteroatoms. The Morgan fingerprint density at radius 3 is 2.95 bits per heavy atom. The summed E-state index contributed by atoms with van der Waals surface area (Å²) in [5.41, 5.74) is 1.08. The van der Waals surface area contributed by atoms with Gasteiger partial charge >= 0.3 is 5.82 Å². The van der Waals surface area contributed by atoms with Crippen LogP contribution < -0.4 is 0 Å². The molecule has 0 aliphatic heterocycles. The van der Waals surface area contributed by atoms with Crippen LogP contribution in [-0.2, 0) is 0 Å². The van der Waals surface area contributed by atoms with Crippen molar-refractivity contribution in [2.24, 2.45) is 0 Å². The van der Waals surface area contributed by atoms with Gasteiger partial charge in [0.1, 0.15) is 6.20 Å². The van der Waals surface area contributed by atoms with Gasteiger partial charge in [-0.2, -0.15) is 9.38 Å². The zero-order valence-electron chi connectivity index (χ0n) is 9.94. The summed E-state index contributed by atoms with van der Waals surface area (Å²) >= 11 is 2.72. The van der Waals surface area contributed by atoms with Crippen LogP contribution in [0.25, 0.3) is 4.96 Å². The molecule has 0 saturated carbocycles. The first-order valence-corrected chi connectivity index (χ1v) is 7.20. The fraction of sp³-hybridized carbons (Fsp3) is 0.0833. The minimum atomic E-state index is -0.382. The Hall–Kier alpha value is -1.86. The monoisotopic (exact) mass is 291 g/mol. The number of thiazole rings is 1. The SMILES string of the molecule is Cc1ccccc1Sc1nc2sccn2c1[N+](=O)[O-]. The Morgan fingerprint density at radius 2 is 2.21 bits per heavy atom. The van der Waals surface area contributed by atoms with E-state index in [2.05, 4.69) is 4.98 Å². The average molecular weight is 291 g/mol. The van der Waals surface area contributed by atoms with Crippen LogP contribution in [-0.4, -0.2) is 14.3 Å². The van der Waals surface area contributed by atoms with Crippen LogP contribution in [0.4, 0.5) is 5.82 Å². The van der Waals surface area contributed by atoms with Crippen LogP contribution in [0.2, 0.25) is 0 Å². The highest BCUT2D eigenvalue weighted by atomic mass is 32.2. The van der Waals surface area contributed by atoms with Crippen molar-refractivity contribution >= 4 is 33.9 Å². The van der Waals surface area contributed by atoms with Crippen molar-refractivity contribution in [3.05, 3.63) is 51.5 Å². The minimum absolute atomic E-state index is 0.0319. The summed E-state index contributed by atoms with van der Waals surface area (Å²) in [4.78, 5) is 16.8. The van der Waals surface area contributed by atoms with E-state index >= 15 is 0 Å². The van der Waals surface area contributed by atoms with Gasteiger partial charge in [-0.05, 0) is 23.5 Å². The second kappa shape index (κ2) is 4.67. The first-order chi connectivity index (χ1) is 9.16. The highest BCUT2D eigenvalue weighted by Crippen LogP contribution is 2.37. The third kappa shape index (κ3) is 2.11. The van der Waals surface area contributed by atoms with Crippen LogP contribution in [0.15, 0.2) is 45.8 Å². The molecule has 0 amide bonds. The molecule has 96 valence electrons. The molecule has 3 aromatic rings. The number of nitro groups is 1. The van der Waals surface area contributed by atoms with Crippen LogP contribution in [0.5, 0.6) is 0 Å². The van der Waals surface area contributed by atoms with Crippen LogP contribution in [0, 0.1) is 17.0 Å². The summed E-state index contributed by atoms with van der Waals surface area (Å²) in [5.74, 6) is 0.0319. The van der Waals surface area contributed by atoms with E-state index in [9.17, 15) is 10.1 Å². The van der Waals surface area contributed by atoms with Crippen LogP contribution in [0.3, 0.4) is 0 Å². The van der Waals surface area contributed by atoms with Gasteiger partial charge in [-0.25, -0.2) is 0 Å². The smallest absolute Gasteiger partial charge is 0.358 e. The number of rotatable bonds is 3. The second-order valence-corrected chi connectivity index (χ2v) is 5.82. The molecule has 0 fully saturated rings. The molecule has 0 radical (unpaired) electrons. The number of aryl methyl sites for hydroxylation is 1. The lowest BCUT2D eigenvalue weighted by atomic mass is 10.2. The molecule has 0 saturated heterocycles. The van der Waals surface area contributed by atoms with E-state index in [1.54, 1.807) is 11.6 Å². The number of aromatic nitrogens is 2. The Labute approximate surface area is 117 Å². The van der Waals surface area contributed by atoms with E-state index in [4.69, 9.17) is 0 Å². The van der Waals surface area contributed by atoms with E-state index < -0.39 is 0 Å². The molecule has 19 heavy (non-hydrogen) atoms. The molecule has 0 unspecified atom stereocenters. The Bertz CT molecular complexity index is 763. The summed E-state index contributed by atoms with van der Waals surface area (Å²) in [7, 11) is 0. The molecule has 2 aromatic heterocycles. The van der Waals surface area contributed by atoms with E-state index in [0.29, 0.717) is 9.99 Å². The number of benzene rings is 1. The number of nitrogens with zero attached hydrogens (tertiary/aromatic N) is 3. The van der Waals surface area contributed by atoms with Crippen molar-refractivity contribution in [3.8, 4) is 0 Å². The molecule has 5 nitrogen and oxygen atoms in total. The lowest BCUT2D eigenvalue weighted by Gasteiger charge is -2.02. The molecular formula is C12H9N3O2S2. The lowest BCUT2D eigenvalue weighted by Crippen LogP contribution is -1.93. The lowest BCUT2D eigenvalue weighted by molar-refractivity contribution is -0.393. The molecule has 3 rings (SSSR count). The van der Waals surface area contributed by atoms with E-state index in [1.807, 2.05) is 31.2 Å². The van der Waals surface area contributed by atoms with Crippen molar-refractivity contribution in [3.63, 3.8) is 0 Å². The predicted molar refractivity (Wildman–Crippen MR) is 75.0 cm³/mol. The second-order valence-electron chi connectivity index (χ2n) is 3.92. The maximum atomic E-state index is 11.2. The van der Waals surface area contributed by atoms with E-state index in [-0.39, 0.29) is 10.7 Å². The van der Waals surface area contributed by atoms with Crippen molar-refractivity contribution in [1.82, 2.24) is 9.38 Å². The zero-order valence-corrected chi connectivity index (χ0v) is 11.6. The summed E-state index contributed by atoms with van der Waals surface area (Å²) in [6.45, 7) is 1.98. The Morgan fingerprint density at radius 1 is 1.42 bits per heavy atom. The molecule has 0 atom stereocenters. The molecule has 0 N–H and O–H groups in total. The van der Waals surface area contributed by atoms with Gasteiger partial charge < -0.3 is 10.1 Å². The molecular weight excluding hydrogens is 282 g/mol. The highest BCUT2D eigenvalue weighted by Gasteiger charge is 2.24. The summed E-state index contributed by atoms with van der Waals surface area (Å²) < 4.78 is 1.52. The van der Waals surface area contributed by atoms with Crippen molar-refractivity contribution < 1.29 is 4.92 Å². The van der Waals surface area contributed by atoms with Gasteiger partial charge in [0.05, 0.1) is 0 Å². The topological polar surface area (TPSA) is 60.4 Å². The summed E-state index contributed by atoms with van der Waals surface area (Å²) in [5, 5.41) is 13.4. The third-order valence-electron chi connectivity index (χ3n) is 2.68. The highest BCUT2D eigenvalue weighted by molar-refractivity contribution is 7.99. The minimum Gasteiger partial charge on any atom is -0.358 e. The molecule has 0 aliphatic carbocycles. The number of hydrogen-bond acceptors (Lipinski definition) is 5. The maximum Gasteiger partial charge on any atom is 0.363 e. The Balaban J connectivity index is 2.10. The number of fused-ring (bicyclic) bond motifs is 1. The fourth-order valence-corrected chi connectivity index (χ4v) is 3.51. The average Bonchev–Trinajstić information content (AvgIpc) is 2.91. The molecule has 1 aromatic carbocycles. The van der Waals surface area contributed by atoms with Crippen molar-refractivity contribution in [2.45, 2.75) is 16.8 Å². The number of imidazole rings is 1. The van der Waals surface area contributed by atoms with Gasteiger partial charge in [-0.3, -0.25) is 0 Å². The number of hydrogen-bond donors (Lipinski definition) is 0. The molecule has 0 bridgehead atoms. The van der Waals surface area contributed by atoms with Crippen molar-refractivity contribution in [1.29, 1.82) is 0 Å². The predicted octanol–water partition coefficient (Wildman–Crippen LogP) is 3.76. The van der Waals surface area contributed by atoms with Gasteiger partial charge in [0, 0.05) is 10.3 Å². The van der Waals surface area contributed by atoms with Crippen LogP contribution >= 0.6 is 23.1 Å². The van der Waals surface area contributed by atoms with E-state index in [0.717, 1.165) is 10.5 Å². The quantitative estimate of drug-likeness (QED) is 0.544. The van der Waals surface area contributed by atoms with Gasteiger partial charge in [0.2, 0.25) is 5.03 Å². The van der Waals surface area contributed by atoms with Gasteiger partial charge in [-0.15, -0.1) is 0 Å². The standard InChI is InChI=1S/C12H9N3O2S2/c1-8-4-2-3-5-9(8)19-10-11(15(16)17)14-6-7-18-12(14)13-10/h2-7H,1H3. The third-order valence-corrected chi connectivity index (χ3v) is 4.58. The molecule has 0 aliphatic rings. The molecule has 0 spiro atoms. The van der Waals surface area contributed by atoms with E-state index in [1.165, 1.54) is 27.5 Å². The summed E-state index contributed by atoms with van der Waals surface area (Å²) in [6, 6.07) is 7.78. The normalized spacial score (nSPS) is 11.0. The maximum absolute atomic E-state index is 11.2. The zero-order chi connectivity index (χ0) is 13.4. The van der Waals surface area contributed by atoms with Crippen LogP contribution in [0.1, 0.15) is 5.56 Å².